The number of thiazole rings is 1. The van der Waals surface area contributed by atoms with E-state index in [-0.39, 0.29) is 12.1 Å². The van der Waals surface area contributed by atoms with Crippen molar-refractivity contribution in [2.75, 3.05) is 20.3 Å². The van der Waals surface area contributed by atoms with Gasteiger partial charge in [-0.15, -0.1) is 11.3 Å². The summed E-state index contributed by atoms with van der Waals surface area (Å²) in [6.07, 6.45) is 3.15. The highest BCUT2D eigenvalue weighted by atomic mass is 32.1. The lowest BCUT2D eigenvalue weighted by Gasteiger charge is -2.23. The molecule has 23 heavy (non-hydrogen) atoms. The summed E-state index contributed by atoms with van der Waals surface area (Å²) in [5.41, 5.74) is 0.950. The monoisotopic (exact) mass is 341 g/mol. The Morgan fingerprint density at radius 1 is 1.43 bits per heavy atom. The van der Waals surface area contributed by atoms with Crippen molar-refractivity contribution in [3.63, 3.8) is 0 Å². The van der Waals surface area contributed by atoms with Crippen molar-refractivity contribution in [3.8, 4) is 0 Å². The summed E-state index contributed by atoms with van der Waals surface area (Å²) in [4.78, 5) is 18.6. The molecule has 0 aliphatic carbocycles. The molecule has 132 valence electrons. The maximum absolute atomic E-state index is 12.4. The van der Waals surface area contributed by atoms with Crippen LogP contribution in [-0.2, 0) is 11.3 Å². The molecule has 0 spiro atoms. The van der Waals surface area contributed by atoms with Crippen LogP contribution in [0.3, 0.4) is 0 Å². The molecule has 6 heteroatoms. The fourth-order valence-corrected chi connectivity index (χ4v) is 2.99. The van der Waals surface area contributed by atoms with Crippen LogP contribution in [0.1, 0.15) is 63.6 Å². The Kier molecular flexibility index (Phi) is 9.17. The van der Waals surface area contributed by atoms with Crippen LogP contribution in [-0.4, -0.2) is 42.2 Å². The number of nitrogens with zero attached hydrogens (tertiary/aromatic N) is 2. The molecule has 1 aromatic rings. The van der Waals surface area contributed by atoms with E-state index in [1.54, 1.807) is 23.3 Å². The van der Waals surface area contributed by atoms with Crippen molar-refractivity contribution >= 4 is 17.4 Å². The number of unbranched alkanes of at least 4 members (excludes halogenated alkanes) is 1. The van der Waals surface area contributed by atoms with E-state index in [0.29, 0.717) is 25.7 Å². The topological polar surface area (TPSA) is 54.5 Å². The molecule has 0 bridgehead atoms. The van der Waals surface area contributed by atoms with Crippen molar-refractivity contribution in [3.05, 3.63) is 16.1 Å². The smallest absolute Gasteiger partial charge is 0.317 e. The van der Waals surface area contributed by atoms with E-state index in [2.05, 4.69) is 31.1 Å². The normalized spacial score (nSPS) is 12.4. The fourth-order valence-electron chi connectivity index (χ4n) is 2.17. The number of amides is 2. The molecule has 0 aliphatic heterocycles. The van der Waals surface area contributed by atoms with Gasteiger partial charge in [0.15, 0.2) is 0 Å². The first-order valence-electron chi connectivity index (χ1n) is 8.51. The zero-order valence-electron chi connectivity index (χ0n) is 15.1. The van der Waals surface area contributed by atoms with Gasteiger partial charge in [-0.05, 0) is 13.3 Å². The van der Waals surface area contributed by atoms with Crippen LogP contribution in [0.5, 0.6) is 0 Å². The zero-order chi connectivity index (χ0) is 17.2. The molecule has 1 rings (SSSR count). The maximum atomic E-state index is 12.4. The predicted molar refractivity (Wildman–Crippen MR) is 96.0 cm³/mol. The number of carbonyl (C=O) groups excluding carboxylic acids is 1. The highest BCUT2D eigenvalue weighted by Gasteiger charge is 2.16. The van der Waals surface area contributed by atoms with Gasteiger partial charge in [-0.3, -0.25) is 0 Å². The molecule has 1 aromatic heterocycles. The summed E-state index contributed by atoms with van der Waals surface area (Å²) in [5.74, 6) is 0.428. The number of hydrogen-bond donors (Lipinski definition) is 1. The fraction of sp³-hybridized carbons (Fsp3) is 0.765. The lowest BCUT2D eigenvalue weighted by molar-refractivity contribution is 0.117. The number of ether oxygens (including phenoxy) is 1. The van der Waals surface area contributed by atoms with E-state index in [1.165, 1.54) is 0 Å². The minimum atomic E-state index is -0.0649. The van der Waals surface area contributed by atoms with Crippen LogP contribution in [0.25, 0.3) is 0 Å². The van der Waals surface area contributed by atoms with Gasteiger partial charge in [0, 0.05) is 25.0 Å². The number of carbonyl (C=O) groups is 1. The first-order chi connectivity index (χ1) is 11.0. The first kappa shape index (κ1) is 19.9. The van der Waals surface area contributed by atoms with E-state index >= 15 is 0 Å². The third-order valence-corrected chi connectivity index (χ3v) is 4.76. The van der Waals surface area contributed by atoms with Crippen molar-refractivity contribution in [2.45, 2.75) is 65.5 Å². The summed E-state index contributed by atoms with van der Waals surface area (Å²) < 4.78 is 5.48. The second kappa shape index (κ2) is 10.6. The molecule has 0 saturated heterocycles. The quantitative estimate of drug-likeness (QED) is 0.700. The minimum Gasteiger partial charge on any atom is -0.380 e. The molecule has 0 aliphatic rings. The Balaban J connectivity index is 2.51. The second-order valence-corrected chi connectivity index (χ2v) is 7.03. The average molecular weight is 342 g/mol. The molecule has 0 fully saturated rings. The van der Waals surface area contributed by atoms with Crippen LogP contribution >= 0.6 is 11.3 Å². The van der Waals surface area contributed by atoms with Gasteiger partial charge in [-0.2, -0.15) is 0 Å². The van der Waals surface area contributed by atoms with Crippen molar-refractivity contribution in [1.82, 2.24) is 15.2 Å². The van der Waals surface area contributed by atoms with Crippen molar-refractivity contribution in [2.24, 2.45) is 0 Å². The summed E-state index contributed by atoms with van der Waals surface area (Å²) in [5, 5.41) is 6.23. The van der Waals surface area contributed by atoms with Gasteiger partial charge >= 0.3 is 6.03 Å². The maximum Gasteiger partial charge on any atom is 0.317 e. The van der Waals surface area contributed by atoms with E-state index in [0.717, 1.165) is 30.0 Å². The second-order valence-electron chi connectivity index (χ2n) is 6.14. The molecule has 0 radical (unpaired) electrons. The molecule has 1 unspecified atom stereocenters. The number of nitrogens with one attached hydrogen (secondary N) is 1. The molecule has 1 N–H and O–H groups in total. The van der Waals surface area contributed by atoms with Crippen LogP contribution in [0.15, 0.2) is 5.38 Å². The largest absolute Gasteiger partial charge is 0.380 e. The van der Waals surface area contributed by atoms with Gasteiger partial charge in [0.25, 0.3) is 0 Å². The van der Waals surface area contributed by atoms with E-state index in [9.17, 15) is 4.79 Å². The summed E-state index contributed by atoms with van der Waals surface area (Å²) in [7, 11) is 1.81. The van der Waals surface area contributed by atoms with Crippen LogP contribution < -0.4 is 5.32 Å². The molecule has 1 heterocycles. The highest BCUT2D eigenvalue weighted by molar-refractivity contribution is 7.09. The number of urea groups is 1. The molecule has 0 saturated carbocycles. The van der Waals surface area contributed by atoms with Gasteiger partial charge < -0.3 is 15.0 Å². The molecule has 0 aromatic carbocycles. The highest BCUT2D eigenvalue weighted by Crippen LogP contribution is 2.19. The lowest BCUT2D eigenvalue weighted by Crippen LogP contribution is -2.44. The van der Waals surface area contributed by atoms with Gasteiger partial charge in [-0.1, -0.05) is 33.6 Å². The SMILES string of the molecule is CCCCC(COCC)NC(=O)N(C)Cc1csc(C(C)C)n1. The molecular formula is C17H31N3O2S. The van der Waals surface area contributed by atoms with E-state index in [4.69, 9.17) is 4.74 Å². The average Bonchev–Trinajstić information content (AvgIpc) is 2.98. The van der Waals surface area contributed by atoms with Gasteiger partial charge in [0.1, 0.15) is 0 Å². The van der Waals surface area contributed by atoms with E-state index in [1.807, 2.05) is 12.3 Å². The number of rotatable bonds is 10. The van der Waals surface area contributed by atoms with Crippen molar-refractivity contribution in [1.29, 1.82) is 0 Å². The first-order valence-corrected chi connectivity index (χ1v) is 9.39. The Morgan fingerprint density at radius 2 is 2.17 bits per heavy atom. The lowest BCUT2D eigenvalue weighted by atomic mass is 10.1. The summed E-state index contributed by atoms with van der Waals surface area (Å²) >= 11 is 1.66. The Morgan fingerprint density at radius 3 is 2.74 bits per heavy atom. The van der Waals surface area contributed by atoms with E-state index < -0.39 is 0 Å². The molecular weight excluding hydrogens is 310 g/mol. The van der Waals surface area contributed by atoms with Crippen LogP contribution in [0.4, 0.5) is 4.79 Å². The van der Waals surface area contributed by atoms with Crippen LogP contribution in [0.2, 0.25) is 0 Å². The van der Waals surface area contributed by atoms with Crippen molar-refractivity contribution < 1.29 is 9.53 Å². The predicted octanol–water partition coefficient (Wildman–Crippen LogP) is 4.00. The van der Waals surface area contributed by atoms with Gasteiger partial charge in [-0.25, -0.2) is 9.78 Å². The number of hydrogen-bond acceptors (Lipinski definition) is 4. The molecule has 5 nitrogen and oxygen atoms in total. The Hall–Kier alpha value is -1.14. The zero-order valence-corrected chi connectivity index (χ0v) is 15.9. The third kappa shape index (κ3) is 7.31. The van der Waals surface area contributed by atoms with Gasteiger partial charge in [0.2, 0.25) is 0 Å². The Labute approximate surface area is 144 Å². The molecule has 2 amide bonds. The third-order valence-electron chi connectivity index (χ3n) is 3.57. The van der Waals surface area contributed by atoms with Gasteiger partial charge in [0.05, 0.1) is 29.9 Å². The minimum absolute atomic E-state index is 0.0649. The van der Waals surface area contributed by atoms with Crippen LogP contribution in [0, 0.1) is 0 Å². The summed E-state index contributed by atoms with van der Waals surface area (Å²) in [6.45, 7) is 10.2. The number of aromatic nitrogens is 1. The molecule has 1 atom stereocenters. The standard InChI is InChI=1S/C17H31N3O2S/c1-6-8-9-14(11-22-7-2)19-17(21)20(5)10-15-12-23-16(18-15)13(3)4/h12-14H,6-11H2,1-5H3,(H,19,21). The Bertz CT molecular complexity index is 454. The summed E-state index contributed by atoms with van der Waals surface area (Å²) in [6, 6.07) is 0.0106.